The van der Waals surface area contributed by atoms with Gasteiger partial charge >= 0.3 is 0 Å². The monoisotopic (exact) mass is 364 g/mol. The molecule has 7 heteroatoms. The molecule has 1 amide bonds. The maximum Gasteiger partial charge on any atom is 0.269 e. The number of hydrogen-bond acceptors (Lipinski definition) is 5. The van der Waals surface area contributed by atoms with Crippen molar-refractivity contribution in [2.24, 2.45) is 5.73 Å². The molecule has 140 valence electrons. The quantitative estimate of drug-likeness (QED) is 0.696. The molecule has 0 saturated heterocycles. The number of amides is 1. The van der Waals surface area contributed by atoms with Gasteiger partial charge in [0.1, 0.15) is 0 Å². The molecule has 0 atom stereocenters. The number of aromatic nitrogens is 4. The molecule has 27 heavy (non-hydrogen) atoms. The molecule has 0 fully saturated rings. The molecule has 0 aliphatic carbocycles. The van der Waals surface area contributed by atoms with Crippen molar-refractivity contribution in [3.05, 3.63) is 54.1 Å². The van der Waals surface area contributed by atoms with Crippen molar-refractivity contribution in [2.45, 2.75) is 26.2 Å². The van der Waals surface area contributed by atoms with Crippen LogP contribution in [-0.2, 0) is 6.42 Å². The van der Waals surface area contributed by atoms with Crippen molar-refractivity contribution in [3.8, 4) is 17.1 Å². The van der Waals surface area contributed by atoms with Crippen molar-refractivity contribution in [1.29, 1.82) is 0 Å². The molecular formula is C20H24N6O. The summed E-state index contributed by atoms with van der Waals surface area (Å²) in [6.45, 7) is 2.11. The largest absolute Gasteiger partial charge is 0.376 e. The van der Waals surface area contributed by atoms with Gasteiger partial charge in [-0.25, -0.2) is 4.68 Å². The number of hydrogen-bond donors (Lipinski definition) is 1. The van der Waals surface area contributed by atoms with Crippen LogP contribution in [0.5, 0.6) is 0 Å². The molecule has 0 aliphatic heterocycles. The van der Waals surface area contributed by atoms with Crippen LogP contribution in [0.3, 0.4) is 0 Å². The summed E-state index contributed by atoms with van der Waals surface area (Å²) in [6, 6.07) is 7.67. The molecule has 3 aromatic rings. The third-order valence-corrected chi connectivity index (χ3v) is 4.39. The Morgan fingerprint density at radius 2 is 2.04 bits per heavy atom. The first-order valence-corrected chi connectivity index (χ1v) is 8.98. The molecular weight excluding hydrogens is 340 g/mol. The van der Waals surface area contributed by atoms with Gasteiger partial charge in [-0.05, 0) is 37.1 Å². The van der Waals surface area contributed by atoms with Gasteiger partial charge in [-0.3, -0.25) is 14.8 Å². The average Bonchev–Trinajstić information content (AvgIpc) is 3.06. The van der Waals surface area contributed by atoms with E-state index in [0.717, 1.165) is 41.2 Å². The van der Waals surface area contributed by atoms with Gasteiger partial charge in [0.25, 0.3) is 5.91 Å². The molecule has 0 spiro atoms. The van der Waals surface area contributed by atoms with Crippen molar-refractivity contribution in [3.63, 3.8) is 0 Å². The van der Waals surface area contributed by atoms with Gasteiger partial charge < -0.3 is 10.6 Å². The molecule has 0 unspecified atom stereocenters. The first kappa shape index (κ1) is 18.6. The summed E-state index contributed by atoms with van der Waals surface area (Å²) in [5.74, 6) is -0.532. The van der Waals surface area contributed by atoms with E-state index in [2.05, 4.69) is 22.0 Å². The zero-order chi connectivity index (χ0) is 19.4. The predicted octanol–water partition coefficient (Wildman–Crippen LogP) is 2.84. The van der Waals surface area contributed by atoms with Crippen LogP contribution in [0.25, 0.3) is 17.1 Å². The van der Waals surface area contributed by atoms with Crippen LogP contribution in [-0.4, -0.2) is 39.8 Å². The SMILES string of the molecule is CCCCc1c(C(N)=O)nn(-c2cccnc2)c1-c1ccc(N(C)C)cn1. The maximum atomic E-state index is 12.1. The summed E-state index contributed by atoms with van der Waals surface area (Å²) in [7, 11) is 3.93. The number of anilines is 1. The highest BCUT2D eigenvalue weighted by atomic mass is 16.1. The number of rotatable bonds is 7. The predicted molar refractivity (Wildman–Crippen MR) is 106 cm³/mol. The van der Waals surface area contributed by atoms with Gasteiger partial charge in [-0.2, -0.15) is 5.10 Å². The summed E-state index contributed by atoms with van der Waals surface area (Å²) in [5.41, 5.74) is 10.0. The van der Waals surface area contributed by atoms with Crippen molar-refractivity contribution in [2.75, 3.05) is 19.0 Å². The van der Waals surface area contributed by atoms with Crippen LogP contribution in [0.2, 0.25) is 0 Å². The van der Waals surface area contributed by atoms with Gasteiger partial charge in [0.2, 0.25) is 0 Å². The van der Waals surface area contributed by atoms with E-state index in [1.165, 1.54) is 0 Å². The smallest absolute Gasteiger partial charge is 0.269 e. The fourth-order valence-electron chi connectivity index (χ4n) is 2.96. The molecule has 0 saturated carbocycles. The molecule has 3 heterocycles. The summed E-state index contributed by atoms with van der Waals surface area (Å²) in [4.78, 5) is 22.8. The van der Waals surface area contributed by atoms with Crippen LogP contribution in [0, 0.1) is 0 Å². The van der Waals surface area contributed by atoms with Crippen molar-refractivity contribution < 1.29 is 4.79 Å². The van der Waals surface area contributed by atoms with E-state index >= 15 is 0 Å². The molecule has 0 aromatic carbocycles. The first-order chi connectivity index (χ1) is 13.0. The van der Waals surface area contributed by atoms with Crippen LogP contribution in [0.4, 0.5) is 5.69 Å². The van der Waals surface area contributed by atoms with E-state index in [1.54, 1.807) is 17.1 Å². The maximum absolute atomic E-state index is 12.1. The third kappa shape index (κ3) is 3.81. The number of carbonyl (C=O) groups is 1. The minimum Gasteiger partial charge on any atom is -0.376 e. The lowest BCUT2D eigenvalue weighted by Gasteiger charge is -2.13. The number of pyridine rings is 2. The van der Waals surface area contributed by atoms with E-state index < -0.39 is 5.91 Å². The van der Waals surface area contributed by atoms with Gasteiger partial charge in [-0.15, -0.1) is 0 Å². The fraction of sp³-hybridized carbons (Fsp3) is 0.300. The minimum absolute atomic E-state index is 0.292. The van der Waals surface area contributed by atoms with Crippen LogP contribution >= 0.6 is 0 Å². The van der Waals surface area contributed by atoms with E-state index in [-0.39, 0.29) is 0 Å². The van der Waals surface area contributed by atoms with Crippen LogP contribution in [0.1, 0.15) is 35.8 Å². The zero-order valence-corrected chi connectivity index (χ0v) is 15.9. The second kappa shape index (κ2) is 7.99. The highest BCUT2D eigenvalue weighted by Crippen LogP contribution is 2.30. The standard InChI is InChI=1S/C20H24N6O/c1-4-5-8-16-18(20(21)27)24-26(15-7-6-11-22-12-15)19(16)17-10-9-14(13-23-17)25(2)3/h6-7,9-13H,4-5,8H2,1-3H3,(H2,21,27). The van der Waals surface area contributed by atoms with Crippen molar-refractivity contribution in [1.82, 2.24) is 19.7 Å². The number of carbonyl (C=O) groups excluding carboxylic acids is 1. The Balaban J connectivity index is 2.22. The Labute approximate surface area is 158 Å². The number of nitrogens with two attached hydrogens (primary N) is 1. The minimum atomic E-state index is -0.532. The van der Waals surface area contributed by atoms with E-state index in [9.17, 15) is 4.79 Å². The lowest BCUT2D eigenvalue weighted by atomic mass is 10.0. The third-order valence-electron chi connectivity index (χ3n) is 4.39. The summed E-state index contributed by atoms with van der Waals surface area (Å²) < 4.78 is 1.72. The molecule has 0 radical (unpaired) electrons. The lowest BCUT2D eigenvalue weighted by molar-refractivity contribution is 0.0994. The van der Waals surface area contributed by atoms with E-state index in [4.69, 9.17) is 5.73 Å². The summed E-state index contributed by atoms with van der Waals surface area (Å²) in [6.07, 6.45) is 7.86. The lowest BCUT2D eigenvalue weighted by Crippen LogP contribution is -2.14. The number of nitrogens with zero attached hydrogens (tertiary/aromatic N) is 5. The Bertz CT molecular complexity index is 916. The Kier molecular flexibility index (Phi) is 5.49. The Morgan fingerprint density at radius 1 is 1.22 bits per heavy atom. The second-order valence-corrected chi connectivity index (χ2v) is 6.56. The highest BCUT2D eigenvalue weighted by molar-refractivity contribution is 5.94. The number of unbranched alkanes of at least 4 members (excludes halogenated alkanes) is 1. The normalized spacial score (nSPS) is 10.8. The van der Waals surface area contributed by atoms with Gasteiger partial charge in [-0.1, -0.05) is 13.3 Å². The van der Waals surface area contributed by atoms with E-state index in [1.807, 2.05) is 49.5 Å². The van der Waals surface area contributed by atoms with Crippen molar-refractivity contribution >= 4 is 11.6 Å². The van der Waals surface area contributed by atoms with Gasteiger partial charge in [0, 0.05) is 25.9 Å². The summed E-state index contributed by atoms with van der Waals surface area (Å²) in [5, 5.41) is 4.52. The Hall–Kier alpha value is -3.22. The van der Waals surface area contributed by atoms with Gasteiger partial charge in [0.05, 0.1) is 35.2 Å². The molecule has 3 aromatic heterocycles. The fourth-order valence-corrected chi connectivity index (χ4v) is 2.96. The van der Waals surface area contributed by atoms with Crippen LogP contribution < -0.4 is 10.6 Å². The molecule has 0 aliphatic rings. The molecule has 0 bridgehead atoms. The molecule has 2 N–H and O–H groups in total. The molecule has 3 rings (SSSR count). The summed E-state index contributed by atoms with van der Waals surface area (Å²) >= 11 is 0. The van der Waals surface area contributed by atoms with E-state index in [0.29, 0.717) is 12.1 Å². The Morgan fingerprint density at radius 3 is 2.59 bits per heavy atom. The van der Waals surface area contributed by atoms with Gasteiger partial charge in [0.15, 0.2) is 5.69 Å². The first-order valence-electron chi connectivity index (χ1n) is 8.98. The number of primary amides is 1. The highest BCUT2D eigenvalue weighted by Gasteiger charge is 2.24. The average molecular weight is 364 g/mol. The topological polar surface area (TPSA) is 89.9 Å². The molecule has 7 nitrogen and oxygen atoms in total. The zero-order valence-electron chi connectivity index (χ0n) is 15.9. The second-order valence-electron chi connectivity index (χ2n) is 6.56. The van der Waals surface area contributed by atoms with Crippen LogP contribution in [0.15, 0.2) is 42.9 Å².